The first kappa shape index (κ1) is 15.6. The number of amides is 2. The van der Waals surface area contributed by atoms with Gasteiger partial charge in [-0.05, 0) is 50.9 Å². The van der Waals surface area contributed by atoms with Crippen molar-refractivity contribution in [2.45, 2.75) is 44.1 Å². The number of para-hydroxylation sites is 1. The maximum Gasteiger partial charge on any atom is 0.319 e. The van der Waals surface area contributed by atoms with Crippen LogP contribution in [0.25, 0.3) is 0 Å². The molecule has 0 aromatic heterocycles. The third-order valence-corrected chi connectivity index (χ3v) is 5.34. The van der Waals surface area contributed by atoms with E-state index in [9.17, 15) is 4.79 Å². The van der Waals surface area contributed by atoms with Crippen LogP contribution in [0.1, 0.15) is 38.5 Å². The zero-order chi connectivity index (χ0) is 15.4. The van der Waals surface area contributed by atoms with E-state index in [0.717, 1.165) is 6.54 Å². The van der Waals surface area contributed by atoms with Crippen LogP contribution in [-0.4, -0.2) is 36.1 Å². The number of carbonyl (C=O) groups is 1. The van der Waals surface area contributed by atoms with Crippen molar-refractivity contribution in [1.29, 1.82) is 0 Å². The Morgan fingerprint density at radius 1 is 1.14 bits per heavy atom. The van der Waals surface area contributed by atoms with E-state index in [1.165, 1.54) is 51.6 Å². The number of hydrogen-bond donors (Lipinski definition) is 2. The van der Waals surface area contributed by atoms with Crippen LogP contribution in [0, 0.1) is 0 Å². The second-order valence-electron chi connectivity index (χ2n) is 6.41. The van der Waals surface area contributed by atoms with E-state index in [1.807, 2.05) is 18.2 Å². The minimum absolute atomic E-state index is 0.168. The van der Waals surface area contributed by atoms with Crippen molar-refractivity contribution in [3.63, 3.8) is 0 Å². The Balaban J connectivity index is 1.58. The normalized spacial score (nSPS) is 21.0. The number of hydrogen-bond acceptors (Lipinski definition) is 2. The molecule has 1 aliphatic carbocycles. The topological polar surface area (TPSA) is 44.4 Å². The van der Waals surface area contributed by atoms with Crippen molar-refractivity contribution < 1.29 is 4.79 Å². The molecule has 0 bridgehead atoms. The second-order valence-corrected chi connectivity index (χ2v) is 6.82. The number of likely N-dealkylation sites (tertiary alicyclic amines) is 1. The van der Waals surface area contributed by atoms with Gasteiger partial charge in [-0.3, -0.25) is 4.90 Å². The smallest absolute Gasteiger partial charge is 0.319 e. The molecule has 5 heteroatoms. The van der Waals surface area contributed by atoms with Gasteiger partial charge in [0, 0.05) is 12.1 Å². The van der Waals surface area contributed by atoms with E-state index in [1.54, 1.807) is 6.07 Å². The number of halogens is 1. The summed E-state index contributed by atoms with van der Waals surface area (Å²) in [4.78, 5) is 14.8. The zero-order valence-electron chi connectivity index (χ0n) is 12.9. The third kappa shape index (κ3) is 3.39. The van der Waals surface area contributed by atoms with Crippen LogP contribution in [0.5, 0.6) is 0 Å². The fourth-order valence-corrected chi connectivity index (χ4v) is 3.99. The number of carbonyl (C=O) groups excluding carboxylic acids is 1. The van der Waals surface area contributed by atoms with Crippen LogP contribution in [-0.2, 0) is 0 Å². The maximum atomic E-state index is 12.2. The highest BCUT2D eigenvalue weighted by molar-refractivity contribution is 6.33. The SMILES string of the molecule is O=C(NCC1(N2CCCC2)CCCC1)Nc1ccccc1Cl. The Kier molecular flexibility index (Phi) is 4.89. The average molecular weight is 322 g/mol. The molecule has 0 radical (unpaired) electrons. The summed E-state index contributed by atoms with van der Waals surface area (Å²) < 4.78 is 0. The minimum Gasteiger partial charge on any atom is -0.336 e. The van der Waals surface area contributed by atoms with Crippen molar-refractivity contribution in [3.05, 3.63) is 29.3 Å². The summed E-state index contributed by atoms with van der Waals surface area (Å²) in [6, 6.07) is 7.14. The number of urea groups is 1. The van der Waals surface area contributed by atoms with Gasteiger partial charge >= 0.3 is 6.03 Å². The lowest BCUT2D eigenvalue weighted by Gasteiger charge is -2.39. The van der Waals surface area contributed by atoms with Gasteiger partial charge in [0.05, 0.1) is 10.7 Å². The van der Waals surface area contributed by atoms with Gasteiger partial charge in [-0.25, -0.2) is 4.79 Å². The van der Waals surface area contributed by atoms with Crippen molar-refractivity contribution in [1.82, 2.24) is 10.2 Å². The second kappa shape index (κ2) is 6.88. The molecule has 2 aliphatic rings. The molecule has 1 aromatic rings. The van der Waals surface area contributed by atoms with Crippen molar-refractivity contribution in [3.8, 4) is 0 Å². The maximum absolute atomic E-state index is 12.2. The highest BCUT2D eigenvalue weighted by atomic mass is 35.5. The monoisotopic (exact) mass is 321 g/mol. The van der Waals surface area contributed by atoms with E-state index in [0.29, 0.717) is 10.7 Å². The number of anilines is 1. The molecule has 22 heavy (non-hydrogen) atoms. The molecule has 1 heterocycles. The van der Waals surface area contributed by atoms with E-state index < -0.39 is 0 Å². The largest absolute Gasteiger partial charge is 0.336 e. The molecule has 1 aliphatic heterocycles. The summed E-state index contributed by atoms with van der Waals surface area (Å²) in [5, 5.41) is 6.47. The van der Waals surface area contributed by atoms with Gasteiger partial charge in [0.2, 0.25) is 0 Å². The van der Waals surface area contributed by atoms with Crippen LogP contribution in [0.2, 0.25) is 5.02 Å². The standard InChI is InChI=1S/C17H24ClN3O/c18-14-7-1-2-8-15(14)20-16(22)19-13-17(9-3-4-10-17)21-11-5-6-12-21/h1-2,7-8H,3-6,9-13H2,(H2,19,20,22). The molecule has 1 saturated carbocycles. The van der Waals surface area contributed by atoms with Crippen molar-refractivity contribution in [2.24, 2.45) is 0 Å². The summed E-state index contributed by atoms with van der Waals surface area (Å²) in [6.07, 6.45) is 7.49. The molecule has 120 valence electrons. The fraction of sp³-hybridized carbons (Fsp3) is 0.588. The van der Waals surface area contributed by atoms with E-state index in [2.05, 4.69) is 15.5 Å². The Bertz CT molecular complexity index is 522. The van der Waals surface area contributed by atoms with Gasteiger partial charge in [-0.2, -0.15) is 0 Å². The first-order valence-electron chi connectivity index (χ1n) is 8.24. The molecule has 2 N–H and O–H groups in total. The summed E-state index contributed by atoms with van der Waals surface area (Å²) in [5.41, 5.74) is 0.831. The molecule has 4 nitrogen and oxygen atoms in total. The average Bonchev–Trinajstić information content (AvgIpc) is 3.19. The molecule has 1 aromatic carbocycles. The lowest BCUT2D eigenvalue weighted by atomic mass is 9.95. The van der Waals surface area contributed by atoms with Gasteiger partial charge in [-0.1, -0.05) is 36.6 Å². The lowest BCUT2D eigenvalue weighted by molar-refractivity contribution is 0.122. The van der Waals surface area contributed by atoms with Crippen LogP contribution < -0.4 is 10.6 Å². The number of nitrogens with zero attached hydrogens (tertiary/aromatic N) is 1. The third-order valence-electron chi connectivity index (χ3n) is 5.01. The summed E-state index contributed by atoms with van der Waals surface area (Å²) in [7, 11) is 0. The van der Waals surface area contributed by atoms with Gasteiger partial charge < -0.3 is 10.6 Å². The van der Waals surface area contributed by atoms with E-state index >= 15 is 0 Å². The molecule has 0 unspecified atom stereocenters. The molecule has 0 atom stereocenters. The zero-order valence-corrected chi connectivity index (χ0v) is 13.7. The highest BCUT2D eigenvalue weighted by Crippen LogP contribution is 2.36. The van der Waals surface area contributed by atoms with E-state index in [4.69, 9.17) is 11.6 Å². The highest BCUT2D eigenvalue weighted by Gasteiger charge is 2.40. The quantitative estimate of drug-likeness (QED) is 0.884. The van der Waals surface area contributed by atoms with Crippen molar-refractivity contribution in [2.75, 3.05) is 25.0 Å². The van der Waals surface area contributed by atoms with Crippen LogP contribution >= 0.6 is 11.6 Å². The van der Waals surface area contributed by atoms with Gasteiger partial charge in [0.15, 0.2) is 0 Å². The molecule has 1 saturated heterocycles. The Labute approximate surface area is 137 Å². The minimum atomic E-state index is -0.168. The molecule has 3 rings (SSSR count). The van der Waals surface area contributed by atoms with Crippen LogP contribution in [0.15, 0.2) is 24.3 Å². The predicted molar refractivity (Wildman–Crippen MR) is 90.5 cm³/mol. The molecular weight excluding hydrogens is 298 g/mol. The number of nitrogens with one attached hydrogen (secondary N) is 2. The molecule has 2 fully saturated rings. The predicted octanol–water partition coefficient (Wildman–Crippen LogP) is 3.87. The lowest BCUT2D eigenvalue weighted by Crippen LogP contribution is -2.53. The summed E-state index contributed by atoms with van der Waals surface area (Å²) >= 11 is 6.08. The summed E-state index contributed by atoms with van der Waals surface area (Å²) in [6.45, 7) is 3.07. The fourth-order valence-electron chi connectivity index (χ4n) is 3.80. The van der Waals surface area contributed by atoms with Crippen molar-refractivity contribution >= 4 is 23.3 Å². The van der Waals surface area contributed by atoms with Gasteiger partial charge in [-0.15, -0.1) is 0 Å². The molecule has 2 amide bonds. The summed E-state index contributed by atoms with van der Waals surface area (Å²) in [5.74, 6) is 0. The first-order chi connectivity index (χ1) is 10.7. The van der Waals surface area contributed by atoms with E-state index in [-0.39, 0.29) is 11.6 Å². The Morgan fingerprint density at radius 3 is 2.50 bits per heavy atom. The Hall–Kier alpha value is -1.26. The molecular formula is C17H24ClN3O. The first-order valence-corrected chi connectivity index (χ1v) is 8.62. The van der Waals surface area contributed by atoms with Gasteiger partial charge in [0.25, 0.3) is 0 Å². The molecule has 0 spiro atoms. The van der Waals surface area contributed by atoms with Gasteiger partial charge in [0.1, 0.15) is 0 Å². The van der Waals surface area contributed by atoms with Crippen LogP contribution in [0.3, 0.4) is 0 Å². The number of benzene rings is 1. The Morgan fingerprint density at radius 2 is 1.82 bits per heavy atom. The van der Waals surface area contributed by atoms with Crippen LogP contribution in [0.4, 0.5) is 10.5 Å². The number of rotatable bonds is 4.